The molecule has 1 fully saturated rings. The van der Waals surface area contributed by atoms with Gasteiger partial charge in [0.1, 0.15) is 0 Å². The van der Waals surface area contributed by atoms with Crippen molar-refractivity contribution < 1.29 is 22.7 Å². The first-order chi connectivity index (χ1) is 9.40. The van der Waals surface area contributed by atoms with Crippen molar-refractivity contribution in [1.82, 2.24) is 0 Å². The van der Waals surface area contributed by atoms with Crippen LogP contribution in [0.3, 0.4) is 0 Å². The molecule has 0 aliphatic carbocycles. The van der Waals surface area contributed by atoms with Crippen molar-refractivity contribution in [3.05, 3.63) is 35.4 Å². The first-order valence-electron chi connectivity index (χ1n) is 6.25. The molecule has 1 aliphatic rings. The molecule has 0 atom stereocenters. The molecular weight excluding hydrogens is 293 g/mol. The molecule has 1 aromatic carbocycles. The molecule has 1 heterocycles. The molecule has 0 N–H and O–H groups in total. The van der Waals surface area contributed by atoms with Gasteiger partial charge >= 0.3 is 6.18 Å². The summed E-state index contributed by atoms with van der Waals surface area (Å²) in [5, 5.41) is 0. The molecule has 1 saturated heterocycles. The fourth-order valence-corrected chi connectivity index (χ4v) is 2.81. The number of ketones is 1. The summed E-state index contributed by atoms with van der Waals surface area (Å²) in [5.41, 5.74) is -0.953. The van der Waals surface area contributed by atoms with Crippen molar-refractivity contribution in [2.45, 2.75) is 24.4 Å². The van der Waals surface area contributed by atoms with E-state index in [2.05, 4.69) is 0 Å². The lowest BCUT2D eigenvalue weighted by molar-refractivity contribution is -0.137. The zero-order chi connectivity index (χ0) is 14.8. The SMILES string of the molecule is O=C(CCl)C1(c2ccc(C(F)(F)F)cc2)CCOCC1. The van der Waals surface area contributed by atoms with Crippen LogP contribution < -0.4 is 0 Å². The number of halogens is 4. The number of ether oxygens (including phenoxy) is 1. The van der Waals surface area contributed by atoms with Crippen molar-refractivity contribution >= 4 is 17.4 Å². The Kier molecular flexibility index (Phi) is 4.39. The Bertz CT molecular complexity index is 476. The second kappa shape index (κ2) is 5.74. The van der Waals surface area contributed by atoms with Gasteiger partial charge in [-0.15, -0.1) is 11.6 Å². The topological polar surface area (TPSA) is 26.3 Å². The molecule has 0 unspecified atom stereocenters. The summed E-state index contributed by atoms with van der Waals surface area (Å²) < 4.78 is 43.0. The van der Waals surface area contributed by atoms with Crippen molar-refractivity contribution in [1.29, 1.82) is 0 Å². The van der Waals surface area contributed by atoms with Crippen LogP contribution in [0.4, 0.5) is 13.2 Å². The minimum Gasteiger partial charge on any atom is -0.381 e. The number of carbonyl (C=O) groups is 1. The highest BCUT2D eigenvalue weighted by atomic mass is 35.5. The van der Waals surface area contributed by atoms with E-state index in [-0.39, 0.29) is 11.7 Å². The summed E-state index contributed by atoms with van der Waals surface area (Å²) in [7, 11) is 0. The third-order valence-corrected chi connectivity index (χ3v) is 4.01. The van der Waals surface area contributed by atoms with Gasteiger partial charge < -0.3 is 4.74 Å². The summed E-state index contributed by atoms with van der Waals surface area (Å²) in [4.78, 5) is 12.2. The van der Waals surface area contributed by atoms with Gasteiger partial charge in [-0.05, 0) is 30.5 Å². The minimum atomic E-state index is -4.38. The molecule has 0 spiro atoms. The lowest BCUT2D eigenvalue weighted by atomic mass is 9.71. The van der Waals surface area contributed by atoms with E-state index in [0.29, 0.717) is 31.6 Å². The van der Waals surface area contributed by atoms with E-state index in [4.69, 9.17) is 16.3 Å². The highest BCUT2D eigenvalue weighted by Crippen LogP contribution is 2.38. The van der Waals surface area contributed by atoms with Crippen LogP contribution in [0, 0.1) is 0 Å². The van der Waals surface area contributed by atoms with Crippen LogP contribution in [0.5, 0.6) is 0 Å². The van der Waals surface area contributed by atoms with E-state index in [9.17, 15) is 18.0 Å². The molecule has 0 saturated carbocycles. The minimum absolute atomic E-state index is 0.152. The third kappa shape index (κ3) is 2.83. The van der Waals surface area contributed by atoms with Crippen LogP contribution in [0.25, 0.3) is 0 Å². The zero-order valence-corrected chi connectivity index (χ0v) is 11.4. The van der Waals surface area contributed by atoms with E-state index in [0.717, 1.165) is 12.1 Å². The fourth-order valence-electron chi connectivity index (χ4n) is 2.55. The van der Waals surface area contributed by atoms with Crippen molar-refractivity contribution in [2.24, 2.45) is 0 Å². The Labute approximate surface area is 119 Å². The van der Waals surface area contributed by atoms with Gasteiger partial charge in [0.15, 0.2) is 5.78 Å². The lowest BCUT2D eigenvalue weighted by Crippen LogP contribution is -2.42. The van der Waals surface area contributed by atoms with Crippen LogP contribution in [0.1, 0.15) is 24.0 Å². The van der Waals surface area contributed by atoms with Gasteiger partial charge in [-0.3, -0.25) is 4.79 Å². The maximum Gasteiger partial charge on any atom is 0.416 e. The highest BCUT2D eigenvalue weighted by molar-refractivity contribution is 6.29. The number of rotatable bonds is 3. The molecule has 110 valence electrons. The highest BCUT2D eigenvalue weighted by Gasteiger charge is 2.41. The standard InChI is InChI=1S/C14H14ClF3O2/c15-9-12(19)13(5-7-20-8-6-13)10-1-3-11(4-2-10)14(16,17)18/h1-4H,5-9H2. The Morgan fingerprint density at radius 3 is 2.20 bits per heavy atom. The van der Waals surface area contributed by atoms with Crippen LogP contribution in [0.15, 0.2) is 24.3 Å². The summed E-state index contributed by atoms with van der Waals surface area (Å²) >= 11 is 5.66. The smallest absolute Gasteiger partial charge is 0.381 e. The van der Waals surface area contributed by atoms with Crippen LogP contribution in [-0.2, 0) is 21.1 Å². The Morgan fingerprint density at radius 1 is 1.20 bits per heavy atom. The molecule has 0 amide bonds. The predicted molar refractivity (Wildman–Crippen MR) is 68.9 cm³/mol. The van der Waals surface area contributed by atoms with E-state index < -0.39 is 17.2 Å². The van der Waals surface area contributed by atoms with Gasteiger partial charge in [0.05, 0.1) is 16.9 Å². The van der Waals surface area contributed by atoms with E-state index in [1.54, 1.807) is 0 Å². The number of Topliss-reactive ketones (excluding diaryl/α,β-unsaturated/α-hetero) is 1. The molecule has 2 nitrogen and oxygen atoms in total. The second-order valence-corrected chi connectivity index (χ2v) is 5.09. The molecule has 20 heavy (non-hydrogen) atoms. The number of carbonyl (C=O) groups excluding carboxylic acids is 1. The summed E-state index contributed by atoms with van der Waals surface area (Å²) in [6.45, 7) is 0.813. The number of hydrogen-bond acceptors (Lipinski definition) is 2. The third-order valence-electron chi connectivity index (χ3n) is 3.77. The van der Waals surface area contributed by atoms with Crippen LogP contribution in [-0.4, -0.2) is 24.9 Å². The maximum atomic E-state index is 12.6. The molecule has 6 heteroatoms. The number of benzene rings is 1. The van der Waals surface area contributed by atoms with Crippen LogP contribution in [0.2, 0.25) is 0 Å². The molecule has 0 aromatic heterocycles. The van der Waals surface area contributed by atoms with Gasteiger partial charge in [-0.25, -0.2) is 0 Å². The maximum absolute atomic E-state index is 12.6. The van der Waals surface area contributed by atoms with Gasteiger partial charge in [0.2, 0.25) is 0 Å². The largest absolute Gasteiger partial charge is 0.416 e. The average molecular weight is 307 g/mol. The van der Waals surface area contributed by atoms with Crippen molar-refractivity contribution in [2.75, 3.05) is 19.1 Å². The molecular formula is C14H14ClF3O2. The Balaban J connectivity index is 2.37. The number of alkyl halides is 4. The van der Waals surface area contributed by atoms with E-state index in [1.807, 2.05) is 0 Å². The molecule has 2 rings (SSSR count). The summed E-state index contributed by atoms with van der Waals surface area (Å²) in [6, 6.07) is 4.76. The molecule has 1 aliphatic heterocycles. The monoisotopic (exact) mass is 306 g/mol. The van der Waals surface area contributed by atoms with E-state index >= 15 is 0 Å². The Morgan fingerprint density at radius 2 is 1.75 bits per heavy atom. The number of hydrogen-bond donors (Lipinski definition) is 0. The van der Waals surface area contributed by atoms with Gasteiger partial charge in [0.25, 0.3) is 0 Å². The zero-order valence-electron chi connectivity index (χ0n) is 10.7. The first kappa shape index (κ1) is 15.3. The quantitative estimate of drug-likeness (QED) is 0.798. The van der Waals surface area contributed by atoms with Crippen LogP contribution >= 0.6 is 11.6 Å². The first-order valence-corrected chi connectivity index (χ1v) is 6.78. The predicted octanol–water partition coefficient (Wildman–Crippen LogP) is 3.56. The molecule has 0 radical (unpaired) electrons. The lowest BCUT2D eigenvalue weighted by Gasteiger charge is -2.36. The van der Waals surface area contributed by atoms with E-state index in [1.165, 1.54) is 12.1 Å². The fraction of sp³-hybridized carbons (Fsp3) is 0.500. The second-order valence-electron chi connectivity index (χ2n) is 4.83. The normalized spacial score (nSPS) is 18.8. The van der Waals surface area contributed by atoms with Crippen molar-refractivity contribution in [3.63, 3.8) is 0 Å². The molecule has 0 bridgehead atoms. The summed E-state index contributed by atoms with van der Waals surface area (Å²) in [6.07, 6.45) is -3.48. The van der Waals surface area contributed by atoms with Gasteiger partial charge in [-0.2, -0.15) is 13.2 Å². The van der Waals surface area contributed by atoms with Crippen molar-refractivity contribution in [3.8, 4) is 0 Å². The average Bonchev–Trinajstić information content (AvgIpc) is 2.46. The van der Waals surface area contributed by atoms with Gasteiger partial charge in [0, 0.05) is 13.2 Å². The summed E-state index contributed by atoms with van der Waals surface area (Å²) in [5.74, 6) is -0.316. The molecule has 1 aromatic rings. The Hall–Kier alpha value is -1.07. The van der Waals surface area contributed by atoms with Gasteiger partial charge in [-0.1, -0.05) is 12.1 Å².